The maximum Gasteiger partial charge on any atom is 0.0805 e. The SMILES string of the molecule is CC(C)(CN)OC1CCOC2(CCSC2)C1. The molecule has 0 aromatic rings. The molecule has 0 bridgehead atoms. The minimum Gasteiger partial charge on any atom is -0.374 e. The molecule has 2 saturated heterocycles. The van der Waals surface area contributed by atoms with Gasteiger partial charge in [-0.05, 0) is 32.4 Å². The van der Waals surface area contributed by atoms with Crippen molar-refractivity contribution < 1.29 is 9.47 Å². The Hall–Kier alpha value is 0.230. The summed E-state index contributed by atoms with van der Waals surface area (Å²) in [5.41, 5.74) is 5.62. The Balaban J connectivity index is 1.91. The first kappa shape index (κ1) is 12.7. The molecule has 1 spiro atoms. The Kier molecular flexibility index (Phi) is 3.84. The highest BCUT2D eigenvalue weighted by Crippen LogP contribution is 2.39. The lowest BCUT2D eigenvalue weighted by Gasteiger charge is -2.40. The third-order valence-electron chi connectivity index (χ3n) is 3.49. The first-order valence-electron chi connectivity index (χ1n) is 6.15. The number of hydrogen-bond donors (Lipinski definition) is 1. The zero-order valence-electron chi connectivity index (χ0n) is 10.3. The van der Waals surface area contributed by atoms with E-state index in [1.807, 2.05) is 11.8 Å². The largest absolute Gasteiger partial charge is 0.374 e. The molecular weight excluding hydrogens is 222 g/mol. The quantitative estimate of drug-likeness (QED) is 0.823. The molecule has 2 fully saturated rings. The number of ether oxygens (including phenoxy) is 2. The molecule has 2 N–H and O–H groups in total. The van der Waals surface area contributed by atoms with Crippen LogP contribution in [0.5, 0.6) is 0 Å². The highest BCUT2D eigenvalue weighted by atomic mass is 32.2. The van der Waals surface area contributed by atoms with E-state index in [4.69, 9.17) is 15.2 Å². The molecule has 2 aliphatic heterocycles. The summed E-state index contributed by atoms with van der Waals surface area (Å²) in [6, 6.07) is 0. The second-order valence-corrected chi connectivity index (χ2v) is 6.64. The van der Waals surface area contributed by atoms with Crippen molar-refractivity contribution in [1.29, 1.82) is 0 Å². The molecule has 2 rings (SSSR count). The minimum atomic E-state index is -0.199. The van der Waals surface area contributed by atoms with Gasteiger partial charge >= 0.3 is 0 Å². The van der Waals surface area contributed by atoms with Gasteiger partial charge in [-0.2, -0.15) is 11.8 Å². The summed E-state index contributed by atoms with van der Waals surface area (Å²) < 4.78 is 12.1. The van der Waals surface area contributed by atoms with Crippen LogP contribution in [0.4, 0.5) is 0 Å². The van der Waals surface area contributed by atoms with Gasteiger partial charge in [0.05, 0.1) is 17.3 Å². The fourth-order valence-electron chi connectivity index (χ4n) is 2.45. The van der Waals surface area contributed by atoms with Gasteiger partial charge in [0.2, 0.25) is 0 Å². The fourth-order valence-corrected chi connectivity index (χ4v) is 3.82. The first-order chi connectivity index (χ1) is 7.55. The number of hydrogen-bond acceptors (Lipinski definition) is 4. The molecule has 2 atom stereocenters. The van der Waals surface area contributed by atoms with E-state index < -0.39 is 0 Å². The third-order valence-corrected chi connectivity index (χ3v) is 4.72. The Morgan fingerprint density at radius 1 is 1.56 bits per heavy atom. The number of nitrogens with two attached hydrogens (primary N) is 1. The van der Waals surface area contributed by atoms with E-state index in [2.05, 4.69) is 13.8 Å². The lowest BCUT2D eigenvalue weighted by atomic mass is 9.91. The van der Waals surface area contributed by atoms with Gasteiger partial charge in [-0.1, -0.05) is 0 Å². The summed E-state index contributed by atoms with van der Waals surface area (Å²) in [6.45, 7) is 5.55. The lowest BCUT2D eigenvalue weighted by Crippen LogP contribution is -2.47. The van der Waals surface area contributed by atoms with Crippen molar-refractivity contribution in [2.24, 2.45) is 5.73 Å². The van der Waals surface area contributed by atoms with Crippen LogP contribution in [0.1, 0.15) is 33.1 Å². The molecule has 2 aliphatic rings. The van der Waals surface area contributed by atoms with E-state index >= 15 is 0 Å². The lowest BCUT2D eigenvalue weighted by molar-refractivity contribution is -0.155. The van der Waals surface area contributed by atoms with Crippen molar-refractivity contribution >= 4 is 11.8 Å². The van der Waals surface area contributed by atoms with E-state index in [1.54, 1.807) is 0 Å². The van der Waals surface area contributed by atoms with Crippen molar-refractivity contribution in [1.82, 2.24) is 0 Å². The molecule has 2 unspecified atom stereocenters. The van der Waals surface area contributed by atoms with Crippen molar-refractivity contribution in [3.63, 3.8) is 0 Å². The molecular formula is C12H23NO2S. The van der Waals surface area contributed by atoms with Crippen LogP contribution >= 0.6 is 11.8 Å². The van der Waals surface area contributed by atoms with Crippen molar-refractivity contribution in [2.75, 3.05) is 24.7 Å². The first-order valence-corrected chi connectivity index (χ1v) is 7.30. The van der Waals surface area contributed by atoms with Gasteiger partial charge in [-0.15, -0.1) is 0 Å². The van der Waals surface area contributed by atoms with Gasteiger partial charge in [0.1, 0.15) is 0 Å². The monoisotopic (exact) mass is 245 g/mol. The summed E-state index contributed by atoms with van der Waals surface area (Å²) in [7, 11) is 0. The van der Waals surface area contributed by atoms with Gasteiger partial charge in [0.25, 0.3) is 0 Å². The molecule has 0 radical (unpaired) electrons. The van der Waals surface area contributed by atoms with E-state index in [0.717, 1.165) is 25.2 Å². The van der Waals surface area contributed by atoms with Gasteiger partial charge in [0, 0.05) is 25.3 Å². The standard InChI is InChI=1S/C12H23NO2S/c1-11(2,8-13)15-10-3-5-14-12(7-10)4-6-16-9-12/h10H,3-9,13H2,1-2H3. The second kappa shape index (κ2) is 4.84. The highest BCUT2D eigenvalue weighted by molar-refractivity contribution is 7.99. The number of rotatable bonds is 3. The van der Waals surface area contributed by atoms with Gasteiger partial charge < -0.3 is 15.2 Å². The van der Waals surface area contributed by atoms with Crippen LogP contribution < -0.4 is 5.73 Å². The molecule has 0 amide bonds. The van der Waals surface area contributed by atoms with Crippen LogP contribution in [0.2, 0.25) is 0 Å². The minimum absolute atomic E-state index is 0.109. The summed E-state index contributed by atoms with van der Waals surface area (Å²) in [5.74, 6) is 2.36. The van der Waals surface area contributed by atoms with E-state index in [0.29, 0.717) is 12.6 Å². The Morgan fingerprint density at radius 3 is 3.00 bits per heavy atom. The zero-order chi connectivity index (χ0) is 11.6. The molecule has 2 heterocycles. The predicted molar refractivity (Wildman–Crippen MR) is 67.9 cm³/mol. The van der Waals surface area contributed by atoms with Crippen LogP contribution in [0.15, 0.2) is 0 Å². The second-order valence-electron chi connectivity index (χ2n) is 5.53. The van der Waals surface area contributed by atoms with Gasteiger partial charge in [-0.25, -0.2) is 0 Å². The van der Waals surface area contributed by atoms with Crippen LogP contribution in [-0.2, 0) is 9.47 Å². The molecule has 94 valence electrons. The molecule has 0 saturated carbocycles. The van der Waals surface area contributed by atoms with Gasteiger partial charge in [-0.3, -0.25) is 0 Å². The maximum atomic E-state index is 6.10. The fraction of sp³-hybridized carbons (Fsp3) is 1.00. The van der Waals surface area contributed by atoms with Crippen LogP contribution in [0.25, 0.3) is 0 Å². The van der Waals surface area contributed by atoms with E-state index in [9.17, 15) is 0 Å². The van der Waals surface area contributed by atoms with Crippen LogP contribution in [-0.4, -0.2) is 42.0 Å². The molecule has 0 aromatic heterocycles. The number of thioether (sulfide) groups is 1. The Morgan fingerprint density at radius 2 is 2.38 bits per heavy atom. The average Bonchev–Trinajstić information content (AvgIpc) is 2.66. The Bertz CT molecular complexity index is 239. The zero-order valence-corrected chi connectivity index (χ0v) is 11.1. The molecule has 0 aliphatic carbocycles. The Labute approximate surface area is 102 Å². The molecule has 16 heavy (non-hydrogen) atoms. The predicted octanol–water partition coefficient (Wildman–Crippen LogP) is 1.79. The molecule has 0 aromatic carbocycles. The summed E-state index contributed by atoms with van der Waals surface area (Å²) in [6.07, 6.45) is 3.56. The molecule has 4 heteroatoms. The smallest absolute Gasteiger partial charge is 0.0805 e. The van der Waals surface area contributed by atoms with E-state index in [1.165, 1.54) is 12.2 Å². The summed E-state index contributed by atoms with van der Waals surface area (Å²) >= 11 is 2.00. The van der Waals surface area contributed by atoms with Crippen molar-refractivity contribution in [3.8, 4) is 0 Å². The summed E-state index contributed by atoms with van der Waals surface area (Å²) in [5, 5.41) is 0. The normalized spacial score (nSPS) is 35.8. The summed E-state index contributed by atoms with van der Waals surface area (Å²) in [4.78, 5) is 0. The highest BCUT2D eigenvalue weighted by Gasteiger charge is 2.41. The van der Waals surface area contributed by atoms with E-state index in [-0.39, 0.29) is 11.2 Å². The molecule has 3 nitrogen and oxygen atoms in total. The average molecular weight is 245 g/mol. The topological polar surface area (TPSA) is 44.5 Å². The van der Waals surface area contributed by atoms with Gasteiger partial charge in [0.15, 0.2) is 0 Å². The van der Waals surface area contributed by atoms with Crippen LogP contribution in [0.3, 0.4) is 0 Å². The van der Waals surface area contributed by atoms with Crippen molar-refractivity contribution in [2.45, 2.75) is 50.4 Å². The maximum absolute atomic E-state index is 6.10. The van der Waals surface area contributed by atoms with Crippen LogP contribution in [0, 0.1) is 0 Å². The van der Waals surface area contributed by atoms with Crippen molar-refractivity contribution in [3.05, 3.63) is 0 Å². The third kappa shape index (κ3) is 2.92.